The summed E-state index contributed by atoms with van der Waals surface area (Å²) in [5.74, 6) is -5.15. The number of carbonyl (C=O) groups excluding carboxylic acids is 2. The Morgan fingerprint density at radius 1 is 0.522 bits per heavy atom. The third-order valence-electron chi connectivity index (χ3n) is 9.64. The zero-order chi connectivity index (χ0) is 49.0. The van der Waals surface area contributed by atoms with Crippen LogP contribution in [0.15, 0.2) is 139 Å². The number of nitrogens with one attached hydrogen (secondary N) is 3. The fourth-order valence-corrected chi connectivity index (χ4v) is 9.51. The zero-order valence-corrected chi connectivity index (χ0v) is 37.0. The summed E-state index contributed by atoms with van der Waals surface area (Å²) < 4.78 is 154. The second kappa shape index (κ2) is 17.6. The van der Waals surface area contributed by atoms with Gasteiger partial charge in [-0.25, -0.2) is 4.39 Å². The maximum atomic E-state index is 14.3. The third-order valence-corrected chi connectivity index (χ3v) is 13.5. The Labute approximate surface area is 382 Å². The Hall–Kier alpha value is -7.14. The molecule has 21 nitrogen and oxygen atoms in total. The van der Waals surface area contributed by atoms with Crippen LogP contribution in [0.2, 0.25) is 5.02 Å². The molecule has 346 valence electrons. The van der Waals surface area contributed by atoms with Gasteiger partial charge in [-0.3, -0.25) is 27.8 Å². The number of aromatic hydroxyl groups is 2. The topological polar surface area (TPSA) is 353 Å². The molecule has 0 bridgehead atoms. The van der Waals surface area contributed by atoms with Gasteiger partial charge in [0.05, 0.1) is 32.9 Å². The van der Waals surface area contributed by atoms with Gasteiger partial charge in [-0.2, -0.15) is 33.7 Å². The molecule has 7 rings (SSSR count). The fourth-order valence-electron chi connectivity index (χ4n) is 6.65. The number of hydrogen-bond acceptors (Lipinski definition) is 15. The molecule has 2 amide bonds. The lowest BCUT2D eigenvalue weighted by atomic mass is 10.0. The first kappa shape index (κ1) is 47.8. The Morgan fingerprint density at radius 2 is 0.970 bits per heavy atom. The molecule has 0 radical (unpaired) electrons. The van der Waals surface area contributed by atoms with E-state index in [1.165, 1.54) is 36.4 Å². The van der Waals surface area contributed by atoms with Crippen LogP contribution < -0.4 is 16.0 Å². The number of azo groups is 1. The Bertz CT molecular complexity index is 3770. The number of para-hydroxylation sites is 1. The van der Waals surface area contributed by atoms with Crippen molar-refractivity contribution in [3.63, 3.8) is 0 Å². The number of rotatable bonds is 12. The van der Waals surface area contributed by atoms with E-state index in [0.717, 1.165) is 60.7 Å². The van der Waals surface area contributed by atoms with Gasteiger partial charge < -0.3 is 26.2 Å². The Morgan fingerprint density at radius 3 is 1.45 bits per heavy atom. The van der Waals surface area contributed by atoms with Crippen LogP contribution in [0.5, 0.6) is 11.5 Å². The molecule has 0 heterocycles. The molecule has 9 N–H and O–H groups in total. The fraction of sp³-hybridized carbons (Fsp3) is 0. The van der Waals surface area contributed by atoms with E-state index < -0.39 is 133 Å². The highest BCUT2D eigenvalue weighted by atomic mass is 35.5. The lowest BCUT2D eigenvalue weighted by molar-refractivity contribution is 0.101. The van der Waals surface area contributed by atoms with E-state index in [4.69, 9.17) is 11.6 Å². The molecule has 0 spiro atoms. The largest absolute Gasteiger partial charge is 0.505 e. The first-order chi connectivity index (χ1) is 31.3. The van der Waals surface area contributed by atoms with Gasteiger partial charge in [0.15, 0.2) is 11.6 Å². The summed E-state index contributed by atoms with van der Waals surface area (Å²) in [6.07, 6.45) is 0. The highest BCUT2D eigenvalue weighted by Crippen LogP contribution is 2.48. The lowest BCUT2D eigenvalue weighted by Crippen LogP contribution is -2.15. The molecule has 0 atom stereocenters. The number of amides is 2. The van der Waals surface area contributed by atoms with Crippen molar-refractivity contribution in [2.75, 3.05) is 16.0 Å². The highest BCUT2D eigenvalue weighted by Gasteiger charge is 2.30. The summed E-state index contributed by atoms with van der Waals surface area (Å²) >= 11 is 6.21. The standard InChI is InChI=1S/C40H27ClFN5O16S4/c41-23-5-1-3-7-25(23)43-35-31(66(58,59)60)17-21-29(64(52,53)54)15-13-27(33(21)37(35)48)44-39(50)19-9-11-20(12-10-19)40(51)45-28-14-16-30(65(55,56)57)22-18-32(67(61,62)63)36(38(49)34(22)28)47-46-26-8-4-2-6-24(26)42/h1-18,43,48-49H,(H,44,50)(H,45,51)(H,52,53,54)(H,55,56,57)(H,58,59,60)(H,61,62,63). The SMILES string of the molecule is O=C(Nc1ccc(S(=O)(=O)O)c2cc(S(=O)(=O)O)c(N=Nc3ccccc3F)c(O)c12)c1ccc(C(=O)Nc2ccc(S(=O)(=O)O)c3cc(S(=O)(=O)O)c(Nc4ccccc4Cl)c(O)c23)cc1. The Balaban J connectivity index is 1.26. The number of carbonyl (C=O) groups is 2. The molecule has 7 aromatic rings. The summed E-state index contributed by atoms with van der Waals surface area (Å²) in [6.45, 7) is 0. The van der Waals surface area contributed by atoms with Gasteiger partial charge in [-0.05, 0) is 84.9 Å². The normalized spacial score (nSPS) is 12.4. The van der Waals surface area contributed by atoms with Crippen LogP contribution in [0.3, 0.4) is 0 Å². The van der Waals surface area contributed by atoms with E-state index in [9.17, 15) is 76.1 Å². The minimum atomic E-state index is -5.37. The predicted octanol–water partition coefficient (Wildman–Crippen LogP) is 7.85. The van der Waals surface area contributed by atoms with Crippen LogP contribution >= 0.6 is 11.6 Å². The van der Waals surface area contributed by atoms with E-state index in [-0.39, 0.29) is 27.5 Å². The minimum absolute atomic E-state index is 0.0172. The molecule has 0 saturated heterocycles. The van der Waals surface area contributed by atoms with Crippen molar-refractivity contribution >= 4 is 120 Å². The van der Waals surface area contributed by atoms with Gasteiger partial charge in [0.1, 0.15) is 42.4 Å². The summed E-state index contributed by atoms with van der Waals surface area (Å²) in [4.78, 5) is 23.0. The van der Waals surface area contributed by atoms with Crippen LogP contribution in [0.4, 0.5) is 38.5 Å². The smallest absolute Gasteiger partial charge is 0.296 e. The van der Waals surface area contributed by atoms with Gasteiger partial charge in [-0.15, -0.1) is 10.2 Å². The average Bonchev–Trinajstić information content (AvgIpc) is 3.23. The zero-order valence-electron chi connectivity index (χ0n) is 32.9. The van der Waals surface area contributed by atoms with Crippen LogP contribution in [0.25, 0.3) is 21.5 Å². The van der Waals surface area contributed by atoms with Gasteiger partial charge in [0.2, 0.25) is 0 Å². The number of hydrogen-bond donors (Lipinski definition) is 9. The summed E-state index contributed by atoms with van der Waals surface area (Å²) in [5, 5.41) is 34.9. The maximum Gasteiger partial charge on any atom is 0.296 e. The van der Waals surface area contributed by atoms with Crippen LogP contribution in [0.1, 0.15) is 20.7 Å². The third kappa shape index (κ3) is 9.73. The number of phenolic OH excluding ortho intramolecular Hbond substituents is 2. The first-order valence-electron chi connectivity index (χ1n) is 18.2. The number of halogens is 2. The van der Waals surface area contributed by atoms with Crippen molar-refractivity contribution < 1.29 is 76.1 Å². The van der Waals surface area contributed by atoms with Crippen LogP contribution in [-0.2, 0) is 40.5 Å². The van der Waals surface area contributed by atoms with Crippen molar-refractivity contribution in [3.8, 4) is 11.5 Å². The van der Waals surface area contributed by atoms with Crippen molar-refractivity contribution in [2.45, 2.75) is 19.6 Å². The molecule has 0 aromatic heterocycles. The molecule has 0 aliphatic rings. The van der Waals surface area contributed by atoms with Gasteiger partial charge in [0, 0.05) is 21.9 Å². The number of anilines is 4. The molecule has 0 unspecified atom stereocenters. The van der Waals surface area contributed by atoms with Crippen molar-refractivity contribution in [3.05, 3.63) is 131 Å². The molecule has 27 heteroatoms. The molecule has 0 aliphatic heterocycles. The number of nitrogens with zero attached hydrogens (tertiary/aromatic N) is 2. The molecule has 0 aliphatic carbocycles. The second-order valence-electron chi connectivity index (χ2n) is 13.9. The maximum absolute atomic E-state index is 14.3. The summed E-state index contributed by atoms with van der Waals surface area (Å²) in [7, 11) is -21.0. The van der Waals surface area contributed by atoms with E-state index in [0.29, 0.717) is 12.1 Å². The Kier molecular flexibility index (Phi) is 12.5. The van der Waals surface area contributed by atoms with E-state index in [1.807, 2.05) is 0 Å². The highest BCUT2D eigenvalue weighted by molar-refractivity contribution is 7.87. The monoisotopic (exact) mass is 1020 g/mol. The van der Waals surface area contributed by atoms with Crippen molar-refractivity contribution in [1.82, 2.24) is 0 Å². The van der Waals surface area contributed by atoms with E-state index in [1.54, 1.807) is 0 Å². The molecule has 0 saturated carbocycles. The number of phenols is 2. The summed E-state index contributed by atoms with van der Waals surface area (Å²) in [5.41, 5.74) is -3.39. The van der Waals surface area contributed by atoms with Gasteiger partial charge in [-0.1, -0.05) is 35.9 Å². The molecular formula is C40H27ClFN5O16S4. The number of fused-ring (bicyclic) bond motifs is 2. The van der Waals surface area contributed by atoms with Gasteiger partial charge >= 0.3 is 0 Å². The molecule has 67 heavy (non-hydrogen) atoms. The predicted molar refractivity (Wildman–Crippen MR) is 238 cm³/mol. The quantitative estimate of drug-likeness (QED) is 0.0319. The van der Waals surface area contributed by atoms with E-state index in [2.05, 4.69) is 26.2 Å². The van der Waals surface area contributed by atoms with Crippen LogP contribution in [-0.4, -0.2) is 73.9 Å². The second-order valence-corrected chi connectivity index (χ2v) is 19.8. The molecular weight excluding hydrogens is 989 g/mol. The first-order valence-corrected chi connectivity index (χ1v) is 24.4. The summed E-state index contributed by atoms with van der Waals surface area (Å²) in [6, 6.07) is 19.4. The molecule has 7 aromatic carbocycles. The van der Waals surface area contributed by atoms with Crippen molar-refractivity contribution in [1.29, 1.82) is 0 Å². The number of benzene rings is 7. The lowest BCUT2D eigenvalue weighted by Gasteiger charge is -2.19. The van der Waals surface area contributed by atoms with Crippen LogP contribution in [0, 0.1) is 5.82 Å². The van der Waals surface area contributed by atoms with Crippen molar-refractivity contribution in [2.24, 2.45) is 10.2 Å². The molecule has 0 fully saturated rings. The van der Waals surface area contributed by atoms with Gasteiger partial charge in [0.25, 0.3) is 52.3 Å². The minimum Gasteiger partial charge on any atom is -0.505 e. The van der Waals surface area contributed by atoms with E-state index >= 15 is 0 Å². The average molecular weight is 1020 g/mol.